The third-order valence-electron chi connectivity index (χ3n) is 17.6. The third kappa shape index (κ3) is 6.93. The summed E-state index contributed by atoms with van der Waals surface area (Å²) in [7, 11) is 0. The van der Waals surface area contributed by atoms with Crippen molar-refractivity contribution in [3.8, 4) is 0 Å². The molecular weight excluding hydrogens is 881 g/mol. The minimum Gasteiger partial charge on any atom is -0.458 e. The smallest absolute Gasteiger partial charge is 0.161 e. The number of hydrogen-bond acceptors (Lipinski definition) is 5. The Kier molecular flexibility index (Phi) is 10.6. The summed E-state index contributed by atoms with van der Waals surface area (Å²) >= 11 is 0. The van der Waals surface area contributed by atoms with Gasteiger partial charge in [0.1, 0.15) is 17.1 Å². The van der Waals surface area contributed by atoms with E-state index in [0.717, 1.165) is 109 Å². The number of rotatable bonds is 8. The molecule has 9 aromatic rings. The lowest BCUT2D eigenvalue weighted by molar-refractivity contribution is 0.279. The molecular formula is C67H64N2O3. The molecule has 2 atom stereocenters. The fraction of sp³-hybridized carbons (Fsp3) is 0.313. The van der Waals surface area contributed by atoms with Crippen molar-refractivity contribution < 1.29 is 13.3 Å². The van der Waals surface area contributed by atoms with Crippen LogP contribution >= 0.6 is 0 Å². The molecule has 0 N–H and O–H groups in total. The van der Waals surface area contributed by atoms with Gasteiger partial charge in [-0.05, 0) is 107 Å². The van der Waals surface area contributed by atoms with Crippen molar-refractivity contribution in [1.29, 1.82) is 0 Å². The normalized spacial score (nSPS) is 20.5. The van der Waals surface area contributed by atoms with E-state index in [1.165, 1.54) is 103 Å². The van der Waals surface area contributed by atoms with Crippen molar-refractivity contribution in [2.24, 2.45) is 5.92 Å². The van der Waals surface area contributed by atoms with Gasteiger partial charge in [-0.2, -0.15) is 0 Å². The molecule has 5 nitrogen and oxygen atoms in total. The van der Waals surface area contributed by atoms with Crippen molar-refractivity contribution in [3.63, 3.8) is 0 Å². The second-order valence-electron chi connectivity index (χ2n) is 22.2. The lowest BCUT2D eigenvalue weighted by Gasteiger charge is -2.43. The van der Waals surface area contributed by atoms with Crippen LogP contribution in [0.4, 0.5) is 28.4 Å². The predicted molar refractivity (Wildman–Crippen MR) is 301 cm³/mol. The van der Waals surface area contributed by atoms with Crippen LogP contribution in [-0.2, 0) is 6.42 Å². The molecule has 5 aliphatic rings. The first-order valence-corrected chi connectivity index (χ1v) is 27.3. The number of nitrogens with zero attached hydrogens (tertiary/aromatic N) is 2. The van der Waals surface area contributed by atoms with Crippen molar-refractivity contribution in [1.82, 2.24) is 0 Å². The molecule has 6 aromatic carbocycles. The van der Waals surface area contributed by atoms with Crippen molar-refractivity contribution >= 4 is 95.2 Å². The predicted octanol–water partition coefficient (Wildman–Crippen LogP) is 19.9. The summed E-state index contributed by atoms with van der Waals surface area (Å²) in [5, 5.41) is 6.91. The third-order valence-corrected chi connectivity index (χ3v) is 17.6. The number of aryl methyl sites for hydroxylation is 2. The van der Waals surface area contributed by atoms with E-state index in [2.05, 4.69) is 176 Å². The van der Waals surface area contributed by atoms with Crippen molar-refractivity contribution in [2.75, 3.05) is 9.80 Å². The van der Waals surface area contributed by atoms with Gasteiger partial charge >= 0.3 is 0 Å². The SMILES string of the molecule is CC1=CCC(C)(N(c2c3ccccc3c(N(c3ccc(C)cc3)c3cccc4c5c(oc34)C(C3CCCCC3)CC=C5)c3c4c(oc23)CCC=C4)c2cccc3c2oc2c(C4CCCCC4)cccc23)C=C1. The molecule has 72 heavy (non-hydrogen) atoms. The number of anilines is 5. The number of fused-ring (bicyclic) bond motifs is 10. The topological polar surface area (TPSA) is 45.9 Å². The minimum atomic E-state index is -0.489. The number of hydrogen-bond donors (Lipinski definition) is 0. The molecule has 0 bridgehead atoms. The first-order valence-electron chi connectivity index (χ1n) is 27.3. The van der Waals surface area contributed by atoms with Crippen molar-refractivity contribution in [2.45, 2.75) is 128 Å². The fourth-order valence-electron chi connectivity index (χ4n) is 13.9. The van der Waals surface area contributed by atoms with Crippen LogP contribution in [0.15, 0.2) is 152 Å². The summed E-state index contributed by atoms with van der Waals surface area (Å²) in [5.41, 5.74) is 14.9. The van der Waals surface area contributed by atoms with Gasteiger partial charge in [0, 0.05) is 56.1 Å². The van der Waals surface area contributed by atoms with Crippen LogP contribution in [0.3, 0.4) is 0 Å². The van der Waals surface area contributed by atoms with Crippen molar-refractivity contribution in [3.05, 3.63) is 173 Å². The molecule has 5 aliphatic carbocycles. The van der Waals surface area contributed by atoms with Crippen LogP contribution in [0.25, 0.3) is 66.8 Å². The van der Waals surface area contributed by atoms with E-state index in [0.29, 0.717) is 17.8 Å². The van der Waals surface area contributed by atoms with E-state index in [1.54, 1.807) is 0 Å². The van der Waals surface area contributed by atoms with Gasteiger partial charge in [0.25, 0.3) is 0 Å². The number of para-hydroxylation sites is 3. The van der Waals surface area contributed by atoms with E-state index >= 15 is 0 Å². The lowest BCUT2D eigenvalue weighted by Crippen LogP contribution is -2.42. The molecule has 360 valence electrons. The molecule has 3 aromatic heterocycles. The fourth-order valence-corrected chi connectivity index (χ4v) is 13.9. The quantitative estimate of drug-likeness (QED) is 0.142. The van der Waals surface area contributed by atoms with Crippen LogP contribution in [0.5, 0.6) is 0 Å². The first kappa shape index (κ1) is 43.8. The number of furan rings is 3. The van der Waals surface area contributed by atoms with Gasteiger partial charge in [-0.15, -0.1) is 0 Å². The Labute approximate surface area is 423 Å². The molecule has 0 spiro atoms. The summed E-state index contributed by atoms with van der Waals surface area (Å²) in [5.74, 6) is 3.75. The molecule has 0 radical (unpaired) electrons. The standard InChI is InChI=1S/C67H64N2O3/c1-42-34-36-46(37-35-42)68(56-31-16-29-53-51-27-14-25-47(62(51)71-64(53)56)44-18-6-4-7-19-44)60-49-22-10-11-23-50(49)61(66-59(60)55-24-12-13-33-58(55)70-66)69(67(3)40-38-43(2)39-41-67)57-32-17-30-54-52-28-15-26-48(63(52)72-65(54)57)45-20-8-5-9-21-45/h10-12,14-17,22-24,26-32,34-40,44-45,47H,4-9,13,18-21,25,33,41H2,1-3H3. The highest BCUT2D eigenvalue weighted by Gasteiger charge is 2.40. The van der Waals surface area contributed by atoms with Gasteiger partial charge in [-0.25, -0.2) is 0 Å². The molecule has 2 unspecified atom stereocenters. The van der Waals surface area contributed by atoms with Gasteiger partial charge in [0.2, 0.25) is 0 Å². The second kappa shape index (κ2) is 17.4. The summed E-state index contributed by atoms with van der Waals surface area (Å²) in [6.07, 6.45) is 33.0. The molecule has 14 rings (SSSR count). The average molecular weight is 945 g/mol. The van der Waals surface area contributed by atoms with Gasteiger partial charge in [-0.1, -0.05) is 171 Å². The molecule has 3 heterocycles. The van der Waals surface area contributed by atoms with Gasteiger partial charge in [-0.3, -0.25) is 0 Å². The molecule has 0 saturated heterocycles. The van der Waals surface area contributed by atoms with E-state index < -0.39 is 5.54 Å². The van der Waals surface area contributed by atoms with E-state index in [9.17, 15) is 0 Å². The zero-order valence-corrected chi connectivity index (χ0v) is 42.1. The highest BCUT2D eigenvalue weighted by molar-refractivity contribution is 6.25. The molecule has 5 heteroatoms. The summed E-state index contributed by atoms with van der Waals surface area (Å²) in [6, 6.07) is 38.6. The Morgan fingerprint density at radius 1 is 0.569 bits per heavy atom. The summed E-state index contributed by atoms with van der Waals surface area (Å²) in [4.78, 5) is 5.11. The highest BCUT2D eigenvalue weighted by Crippen LogP contribution is 2.57. The monoisotopic (exact) mass is 944 g/mol. The Hall–Kier alpha value is -6.98. The molecule has 2 fully saturated rings. The lowest BCUT2D eigenvalue weighted by atomic mass is 9.75. The zero-order valence-electron chi connectivity index (χ0n) is 42.1. The van der Waals surface area contributed by atoms with Crippen LogP contribution in [-0.4, -0.2) is 5.54 Å². The Morgan fingerprint density at radius 2 is 1.25 bits per heavy atom. The maximum Gasteiger partial charge on any atom is 0.161 e. The second-order valence-corrected chi connectivity index (χ2v) is 22.2. The zero-order chi connectivity index (χ0) is 48.1. The number of allylic oxidation sites excluding steroid dienone is 4. The average Bonchev–Trinajstić information content (AvgIpc) is 4.14. The number of benzene rings is 6. The Bertz CT molecular complexity index is 3730. The highest BCUT2D eigenvalue weighted by atomic mass is 16.3. The maximum atomic E-state index is 7.55. The Balaban J connectivity index is 1.07. The molecule has 0 aliphatic heterocycles. The maximum absolute atomic E-state index is 7.55. The van der Waals surface area contributed by atoms with E-state index in [-0.39, 0.29) is 0 Å². The van der Waals surface area contributed by atoms with Gasteiger partial charge in [0.15, 0.2) is 16.7 Å². The minimum absolute atomic E-state index is 0.395. The van der Waals surface area contributed by atoms with Gasteiger partial charge < -0.3 is 23.1 Å². The van der Waals surface area contributed by atoms with E-state index in [1.807, 2.05) is 0 Å². The summed E-state index contributed by atoms with van der Waals surface area (Å²) in [6.45, 7) is 6.79. The van der Waals surface area contributed by atoms with Gasteiger partial charge in [0.05, 0.1) is 33.7 Å². The summed E-state index contributed by atoms with van der Waals surface area (Å²) < 4.78 is 22.4. The molecule has 2 saturated carbocycles. The van der Waals surface area contributed by atoms with E-state index in [4.69, 9.17) is 13.3 Å². The van der Waals surface area contributed by atoms with Crippen LogP contribution in [0.2, 0.25) is 0 Å². The van der Waals surface area contributed by atoms with Crippen LogP contribution < -0.4 is 9.80 Å². The van der Waals surface area contributed by atoms with Crippen LogP contribution in [0.1, 0.15) is 143 Å². The Morgan fingerprint density at radius 3 is 2.03 bits per heavy atom. The largest absolute Gasteiger partial charge is 0.458 e. The molecule has 0 amide bonds. The van der Waals surface area contributed by atoms with Crippen LogP contribution in [0, 0.1) is 12.8 Å². The first-order chi connectivity index (χ1) is 35.4.